The molecule has 2 aromatic heterocycles. The standard InChI is InChI=1S/C10H12ClN3S/c1-4-6-5(2)15-9-7(6)8(12-3)13-10(11)14-9/h4H2,1-3H3,(H,12,13,14). The maximum Gasteiger partial charge on any atom is 0.225 e. The molecule has 2 heterocycles. The van der Waals surface area contributed by atoms with Crippen LogP contribution < -0.4 is 5.32 Å². The van der Waals surface area contributed by atoms with Crippen LogP contribution in [0.5, 0.6) is 0 Å². The normalized spacial score (nSPS) is 10.9. The highest BCUT2D eigenvalue weighted by molar-refractivity contribution is 7.18. The van der Waals surface area contributed by atoms with Crippen LogP contribution in [-0.4, -0.2) is 17.0 Å². The Morgan fingerprint density at radius 2 is 2.13 bits per heavy atom. The number of rotatable bonds is 2. The number of aryl methyl sites for hydroxylation is 2. The molecule has 0 aliphatic carbocycles. The second kappa shape index (κ2) is 3.94. The SMILES string of the molecule is CCc1c(C)sc2nc(Cl)nc(NC)c12. The minimum absolute atomic E-state index is 0.302. The van der Waals surface area contributed by atoms with Crippen LogP contribution in [0.1, 0.15) is 17.4 Å². The molecule has 0 aromatic carbocycles. The number of nitrogens with one attached hydrogen (secondary N) is 1. The van der Waals surface area contributed by atoms with Crippen molar-refractivity contribution in [3.63, 3.8) is 0 Å². The molecule has 15 heavy (non-hydrogen) atoms. The highest BCUT2D eigenvalue weighted by Crippen LogP contribution is 2.34. The van der Waals surface area contributed by atoms with Gasteiger partial charge in [-0.05, 0) is 30.5 Å². The molecule has 0 amide bonds. The number of thiophene rings is 1. The first kappa shape index (κ1) is 10.6. The molecule has 2 rings (SSSR count). The Balaban J connectivity index is 2.85. The van der Waals surface area contributed by atoms with E-state index in [0.29, 0.717) is 5.28 Å². The molecule has 0 spiro atoms. The molecule has 5 heteroatoms. The predicted octanol–water partition coefficient (Wildman–Crippen LogP) is 3.26. The number of halogens is 1. The van der Waals surface area contributed by atoms with Crippen molar-refractivity contribution in [3.8, 4) is 0 Å². The maximum absolute atomic E-state index is 5.85. The van der Waals surface area contributed by atoms with Gasteiger partial charge in [0, 0.05) is 11.9 Å². The molecule has 0 radical (unpaired) electrons. The molecular weight excluding hydrogens is 230 g/mol. The summed E-state index contributed by atoms with van der Waals surface area (Å²) in [6.45, 7) is 4.25. The maximum atomic E-state index is 5.85. The first-order chi connectivity index (χ1) is 7.17. The van der Waals surface area contributed by atoms with E-state index in [2.05, 4.69) is 29.1 Å². The summed E-state index contributed by atoms with van der Waals surface area (Å²) >= 11 is 7.52. The number of anilines is 1. The van der Waals surface area contributed by atoms with Crippen LogP contribution in [0.15, 0.2) is 0 Å². The Labute approximate surface area is 97.5 Å². The van der Waals surface area contributed by atoms with E-state index >= 15 is 0 Å². The number of nitrogens with zero attached hydrogens (tertiary/aromatic N) is 2. The Morgan fingerprint density at radius 1 is 1.40 bits per heavy atom. The van der Waals surface area contributed by atoms with Crippen LogP contribution in [-0.2, 0) is 6.42 Å². The Kier molecular flexibility index (Phi) is 2.80. The molecule has 2 aromatic rings. The molecule has 1 N–H and O–H groups in total. The Morgan fingerprint density at radius 3 is 2.73 bits per heavy atom. The Bertz CT molecular complexity index is 507. The topological polar surface area (TPSA) is 37.8 Å². The smallest absolute Gasteiger partial charge is 0.225 e. The van der Waals surface area contributed by atoms with Crippen molar-refractivity contribution in [2.24, 2.45) is 0 Å². The fourth-order valence-electron chi connectivity index (χ4n) is 1.75. The second-order valence-electron chi connectivity index (χ2n) is 3.26. The van der Waals surface area contributed by atoms with E-state index in [0.717, 1.165) is 22.5 Å². The van der Waals surface area contributed by atoms with Crippen molar-refractivity contribution in [3.05, 3.63) is 15.7 Å². The van der Waals surface area contributed by atoms with E-state index in [1.165, 1.54) is 10.4 Å². The van der Waals surface area contributed by atoms with Crippen LogP contribution in [0, 0.1) is 6.92 Å². The number of hydrogen-bond donors (Lipinski definition) is 1. The van der Waals surface area contributed by atoms with Gasteiger partial charge in [-0.2, -0.15) is 0 Å². The van der Waals surface area contributed by atoms with Gasteiger partial charge in [-0.3, -0.25) is 0 Å². The highest BCUT2D eigenvalue weighted by Gasteiger charge is 2.14. The van der Waals surface area contributed by atoms with Crippen LogP contribution in [0.25, 0.3) is 10.2 Å². The zero-order valence-corrected chi connectivity index (χ0v) is 10.5. The largest absolute Gasteiger partial charge is 0.372 e. The molecule has 0 fully saturated rings. The summed E-state index contributed by atoms with van der Waals surface area (Å²) in [6.07, 6.45) is 0.992. The molecule has 0 saturated carbocycles. The molecular formula is C10H12ClN3S. The van der Waals surface area contributed by atoms with Crippen molar-refractivity contribution in [2.75, 3.05) is 12.4 Å². The third-order valence-electron chi connectivity index (χ3n) is 2.42. The highest BCUT2D eigenvalue weighted by atomic mass is 35.5. The van der Waals surface area contributed by atoms with Gasteiger partial charge in [0.05, 0.1) is 5.39 Å². The van der Waals surface area contributed by atoms with Gasteiger partial charge in [-0.25, -0.2) is 9.97 Å². The summed E-state index contributed by atoms with van der Waals surface area (Å²) in [6, 6.07) is 0. The van der Waals surface area contributed by atoms with Gasteiger partial charge >= 0.3 is 0 Å². The van der Waals surface area contributed by atoms with Gasteiger partial charge in [-0.15, -0.1) is 11.3 Å². The molecule has 0 saturated heterocycles. The summed E-state index contributed by atoms with van der Waals surface area (Å²) in [5.41, 5.74) is 1.32. The van der Waals surface area contributed by atoms with E-state index < -0.39 is 0 Å². The summed E-state index contributed by atoms with van der Waals surface area (Å²) in [5, 5.41) is 4.49. The molecule has 80 valence electrons. The zero-order chi connectivity index (χ0) is 11.0. The number of hydrogen-bond acceptors (Lipinski definition) is 4. The lowest BCUT2D eigenvalue weighted by molar-refractivity contribution is 1.14. The third kappa shape index (κ3) is 1.68. The third-order valence-corrected chi connectivity index (χ3v) is 3.63. The average Bonchev–Trinajstić information content (AvgIpc) is 2.52. The van der Waals surface area contributed by atoms with Crippen molar-refractivity contribution >= 4 is 39.0 Å². The minimum atomic E-state index is 0.302. The lowest BCUT2D eigenvalue weighted by atomic mass is 10.1. The molecule has 3 nitrogen and oxygen atoms in total. The zero-order valence-electron chi connectivity index (χ0n) is 8.89. The minimum Gasteiger partial charge on any atom is -0.372 e. The molecule has 0 aliphatic rings. The monoisotopic (exact) mass is 241 g/mol. The van der Waals surface area contributed by atoms with Crippen molar-refractivity contribution in [1.82, 2.24) is 9.97 Å². The first-order valence-corrected chi connectivity index (χ1v) is 6.00. The average molecular weight is 242 g/mol. The lowest BCUT2D eigenvalue weighted by Crippen LogP contribution is -1.96. The summed E-state index contributed by atoms with van der Waals surface area (Å²) < 4.78 is 0. The number of fused-ring (bicyclic) bond motifs is 1. The first-order valence-electron chi connectivity index (χ1n) is 4.80. The fourth-order valence-corrected chi connectivity index (χ4v) is 3.08. The van der Waals surface area contributed by atoms with Crippen LogP contribution >= 0.6 is 22.9 Å². The van der Waals surface area contributed by atoms with E-state index in [4.69, 9.17) is 11.6 Å². The quantitative estimate of drug-likeness (QED) is 0.821. The predicted molar refractivity (Wildman–Crippen MR) is 66.1 cm³/mol. The molecule has 0 unspecified atom stereocenters. The van der Waals surface area contributed by atoms with Gasteiger partial charge in [0.2, 0.25) is 5.28 Å². The van der Waals surface area contributed by atoms with Gasteiger partial charge in [0.15, 0.2) is 0 Å². The van der Waals surface area contributed by atoms with Crippen molar-refractivity contribution < 1.29 is 0 Å². The second-order valence-corrected chi connectivity index (χ2v) is 4.80. The van der Waals surface area contributed by atoms with Crippen molar-refractivity contribution in [2.45, 2.75) is 20.3 Å². The van der Waals surface area contributed by atoms with Crippen LogP contribution in [0.3, 0.4) is 0 Å². The summed E-state index contributed by atoms with van der Waals surface area (Å²) in [5.74, 6) is 0.825. The van der Waals surface area contributed by atoms with Gasteiger partial charge in [-0.1, -0.05) is 6.92 Å². The Hall–Kier alpha value is -0.870. The lowest BCUT2D eigenvalue weighted by Gasteiger charge is -2.03. The molecule has 0 bridgehead atoms. The fraction of sp³-hybridized carbons (Fsp3) is 0.400. The summed E-state index contributed by atoms with van der Waals surface area (Å²) in [4.78, 5) is 10.7. The van der Waals surface area contributed by atoms with Crippen molar-refractivity contribution in [1.29, 1.82) is 0 Å². The molecule has 0 aliphatic heterocycles. The summed E-state index contributed by atoms with van der Waals surface area (Å²) in [7, 11) is 1.85. The van der Waals surface area contributed by atoms with E-state index in [-0.39, 0.29) is 0 Å². The van der Waals surface area contributed by atoms with Gasteiger partial charge in [0.25, 0.3) is 0 Å². The van der Waals surface area contributed by atoms with E-state index in [1.54, 1.807) is 11.3 Å². The van der Waals surface area contributed by atoms with Crippen LogP contribution in [0.4, 0.5) is 5.82 Å². The molecule has 0 atom stereocenters. The van der Waals surface area contributed by atoms with E-state index in [9.17, 15) is 0 Å². The van der Waals surface area contributed by atoms with Gasteiger partial charge in [0.1, 0.15) is 10.6 Å². The number of aromatic nitrogens is 2. The van der Waals surface area contributed by atoms with E-state index in [1.807, 2.05) is 7.05 Å². The van der Waals surface area contributed by atoms with Gasteiger partial charge < -0.3 is 5.32 Å². The van der Waals surface area contributed by atoms with Crippen LogP contribution in [0.2, 0.25) is 5.28 Å².